The van der Waals surface area contributed by atoms with E-state index < -0.39 is 8.07 Å². The number of nitrogens with zero attached hydrogens (tertiary/aromatic N) is 1. The second kappa shape index (κ2) is 7.81. The summed E-state index contributed by atoms with van der Waals surface area (Å²) in [6.45, 7) is 8.54. The second-order valence-electron chi connectivity index (χ2n) is 4.08. The normalized spacial score (nSPS) is 10.9. The number of hydrogen-bond acceptors (Lipinski definition) is 1. The van der Waals surface area contributed by atoms with Gasteiger partial charge in [0.1, 0.15) is 0 Å². The Kier molecular flexibility index (Phi) is 7.51. The molecule has 0 bridgehead atoms. The van der Waals surface area contributed by atoms with Crippen LogP contribution in [0.15, 0.2) is 12.3 Å². The first-order chi connectivity index (χ1) is 6.74. The minimum atomic E-state index is -1.19. The van der Waals surface area contributed by atoms with Gasteiger partial charge in [-0.15, -0.1) is 12.3 Å². The Balaban J connectivity index is 4.18. The smallest absolute Gasteiger partial charge is 0.0770 e. The fourth-order valence-corrected chi connectivity index (χ4v) is 6.43. The highest BCUT2D eigenvalue weighted by Crippen LogP contribution is 2.27. The Bertz CT molecular complexity index is 187. The van der Waals surface area contributed by atoms with Gasteiger partial charge in [-0.1, -0.05) is 44.8 Å². The minimum Gasteiger partial charge on any atom is -0.198 e. The van der Waals surface area contributed by atoms with Crippen LogP contribution >= 0.6 is 0 Å². The van der Waals surface area contributed by atoms with Crippen LogP contribution in [0.5, 0.6) is 0 Å². The molecule has 0 unspecified atom stereocenters. The maximum atomic E-state index is 8.54. The van der Waals surface area contributed by atoms with E-state index in [-0.39, 0.29) is 0 Å². The quantitative estimate of drug-likeness (QED) is 0.432. The molecular weight excluding hydrogens is 186 g/mol. The Morgan fingerprint density at radius 2 is 1.79 bits per heavy atom. The molecule has 0 spiro atoms. The molecule has 0 radical (unpaired) electrons. The van der Waals surface area contributed by atoms with E-state index in [2.05, 4.69) is 32.2 Å². The van der Waals surface area contributed by atoms with Crippen LogP contribution in [0.1, 0.15) is 39.5 Å². The Morgan fingerprint density at radius 1 is 1.21 bits per heavy atom. The third kappa shape index (κ3) is 4.62. The Labute approximate surface area is 89.8 Å². The van der Waals surface area contributed by atoms with Gasteiger partial charge < -0.3 is 0 Å². The molecule has 0 heterocycles. The predicted molar refractivity (Wildman–Crippen MR) is 65.8 cm³/mol. The molecule has 0 aromatic heterocycles. The van der Waals surface area contributed by atoms with Crippen LogP contribution in [0.4, 0.5) is 0 Å². The van der Waals surface area contributed by atoms with Crippen LogP contribution < -0.4 is 0 Å². The molecule has 0 saturated heterocycles. The van der Waals surface area contributed by atoms with Crippen molar-refractivity contribution >= 4 is 8.07 Å². The molecule has 0 aromatic rings. The van der Waals surface area contributed by atoms with Gasteiger partial charge in [0.05, 0.1) is 14.1 Å². The zero-order chi connectivity index (χ0) is 10.9. The van der Waals surface area contributed by atoms with Crippen LogP contribution in [0.2, 0.25) is 18.1 Å². The summed E-state index contributed by atoms with van der Waals surface area (Å²) in [5.41, 5.74) is 2.26. The molecule has 0 N–H and O–H groups in total. The van der Waals surface area contributed by atoms with Gasteiger partial charge in [-0.25, -0.2) is 0 Å². The van der Waals surface area contributed by atoms with Gasteiger partial charge in [0, 0.05) is 6.42 Å². The highest BCUT2D eigenvalue weighted by atomic mass is 28.3. The van der Waals surface area contributed by atoms with E-state index >= 15 is 0 Å². The molecule has 0 saturated carbocycles. The first-order valence-electron chi connectivity index (χ1n) is 5.75. The van der Waals surface area contributed by atoms with Crippen molar-refractivity contribution < 1.29 is 0 Å². The number of unbranched alkanes of at least 4 members (excludes halogenated alkanes) is 1. The summed E-state index contributed by atoms with van der Waals surface area (Å²) in [4.78, 5) is 0. The zero-order valence-corrected chi connectivity index (χ0v) is 10.7. The average Bonchev–Trinajstić information content (AvgIpc) is 2.19. The lowest BCUT2D eigenvalue weighted by Crippen LogP contribution is -2.30. The first-order valence-corrected chi connectivity index (χ1v) is 8.45. The molecule has 80 valence electrons. The molecule has 0 aliphatic heterocycles. The lowest BCUT2D eigenvalue weighted by molar-refractivity contribution is 0.897. The fraction of sp³-hybridized carbons (Fsp3) is 0.750. The summed E-state index contributed by atoms with van der Waals surface area (Å²) in [6, 6.07) is 6.22. The number of rotatable bonds is 8. The van der Waals surface area contributed by atoms with Gasteiger partial charge in [-0.05, 0) is 6.42 Å². The van der Waals surface area contributed by atoms with Gasteiger partial charge in [0.25, 0.3) is 0 Å². The summed E-state index contributed by atoms with van der Waals surface area (Å²) in [5, 5.41) is 8.54. The molecular formula is C12H23NSi. The maximum Gasteiger partial charge on any atom is 0.0770 e. The van der Waals surface area contributed by atoms with E-state index in [0.717, 1.165) is 12.8 Å². The average molecular weight is 209 g/mol. The summed E-state index contributed by atoms with van der Waals surface area (Å²) < 4.78 is 0. The van der Waals surface area contributed by atoms with Crippen molar-refractivity contribution in [2.24, 2.45) is 0 Å². The molecule has 0 fully saturated rings. The van der Waals surface area contributed by atoms with Crippen LogP contribution in [-0.4, -0.2) is 8.07 Å². The molecule has 2 heteroatoms. The zero-order valence-electron chi connectivity index (χ0n) is 9.68. The van der Waals surface area contributed by atoms with E-state index in [1.807, 2.05) is 0 Å². The summed E-state index contributed by atoms with van der Waals surface area (Å²) in [7, 11) is -1.19. The molecule has 0 aliphatic carbocycles. The lowest BCUT2D eigenvalue weighted by Gasteiger charge is -2.27. The van der Waals surface area contributed by atoms with Gasteiger partial charge in [-0.3, -0.25) is 0 Å². The van der Waals surface area contributed by atoms with Crippen molar-refractivity contribution in [3.8, 4) is 6.07 Å². The van der Waals surface area contributed by atoms with E-state index in [0.29, 0.717) is 0 Å². The van der Waals surface area contributed by atoms with Crippen LogP contribution in [0.3, 0.4) is 0 Å². The molecule has 14 heavy (non-hydrogen) atoms. The lowest BCUT2D eigenvalue weighted by atomic mass is 10.4. The standard InChI is InChI=1S/C12H23NSi/c1-4-10-14(6-3,11-5-2)12-8-7-9-13/h6H,3-5,7-8,10-12H2,1-2H3. The van der Waals surface area contributed by atoms with E-state index in [1.165, 1.54) is 31.0 Å². The molecule has 0 rings (SSSR count). The number of hydrogen-bond donors (Lipinski definition) is 0. The van der Waals surface area contributed by atoms with E-state index in [4.69, 9.17) is 5.26 Å². The van der Waals surface area contributed by atoms with Crippen molar-refractivity contribution in [2.45, 2.75) is 57.7 Å². The Morgan fingerprint density at radius 3 is 2.14 bits per heavy atom. The molecule has 0 aliphatic rings. The SMILES string of the molecule is C=C[Si](CCC)(CCC)CCCC#N. The molecule has 0 aromatic carbocycles. The maximum absolute atomic E-state index is 8.54. The molecule has 0 atom stereocenters. The van der Waals surface area contributed by atoms with Gasteiger partial charge in [-0.2, -0.15) is 5.26 Å². The third-order valence-corrected chi connectivity index (χ3v) is 8.10. The van der Waals surface area contributed by atoms with Crippen molar-refractivity contribution in [1.82, 2.24) is 0 Å². The third-order valence-electron chi connectivity index (χ3n) is 2.89. The van der Waals surface area contributed by atoms with E-state index in [1.54, 1.807) is 0 Å². The topological polar surface area (TPSA) is 23.8 Å². The van der Waals surface area contributed by atoms with Gasteiger partial charge in [0.2, 0.25) is 0 Å². The van der Waals surface area contributed by atoms with Crippen molar-refractivity contribution in [3.05, 3.63) is 12.3 Å². The predicted octanol–water partition coefficient (Wildman–Crippen LogP) is 4.28. The van der Waals surface area contributed by atoms with Crippen molar-refractivity contribution in [3.63, 3.8) is 0 Å². The highest BCUT2D eigenvalue weighted by molar-refractivity contribution is 6.84. The van der Waals surface area contributed by atoms with E-state index in [9.17, 15) is 0 Å². The van der Waals surface area contributed by atoms with Crippen molar-refractivity contribution in [1.29, 1.82) is 5.26 Å². The first kappa shape index (κ1) is 13.4. The van der Waals surface area contributed by atoms with Crippen molar-refractivity contribution in [2.75, 3.05) is 0 Å². The minimum absolute atomic E-state index is 0.718. The monoisotopic (exact) mass is 209 g/mol. The summed E-state index contributed by atoms with van der Waals surface area (Å²) in [5.74, 6) is 0. The number of nitriles is 1. The van der Waals surface area contributed by atoms with Gasteiger partial charge >= 0.3 is 0 Å². The summed E-state index contributed by atoms with van der Waals surface area (Å²) >= 11 is 0. The molecule has 0 amide bonds. The van der Waals surface area contributed by atoms with Crippen LogP contribution in [0, 0.1) is 11.3 Å². The summed E-state index contributed by atoms with van der Waals surface area (Å²) in [6.07, 6.45) is 4.33. The fourth-order valence-electron chi connectivity index (χ4n) is 2.20. The largest absolute Gasteiger partial charge is 0.198 e. The highest BCUT2D eigenvalue weighted by Gasteiger charge is 2.26. The van der Waals surface area contributed by atoms with Crippen LogP contribution in [-0.2, 0) is 0 Å². The van der Waals surface area contributed by atoms with Crippen LogP contribution in [0.25, 0.3) is 0 Å². The van der Waals surface area contributed by atoms with Gasteiger partial charge in [0.15, 0.2) is 0 Å². The Hall–Kier alpha value is -0.553. The second-order valence-corrected chi connectivity index (χ2v) is 8.71. The molecule has 1 nitrogen and oxygen atoms in total.